The Morgan fingerprint density at radius 3 is 2.69 bits per heavy atom. The summed E-state index contributed by atoms with van der Waals surface area (Å²) in [5, 5.41) is 4.54. The molecule has 16 heavy (non-hydrogen) atoms. The normalized spacial score (nSPS) is 10.5. The SMILES string of the molecule is c1cc(Nc2ccc3[nH]ccc3c2)ccn1. The summed E-state index contributed by atoms with van der Waals surface area (Å²) in [5.41, 5.74) is 3.28. The molecule has 3 aromatic rings. The van der Waals surface area contributed by atoms with Crippen molar-refractivity contribution in [2.24, 2.45) is 0 Å². The molecule has 0 bridgehead atoms. The predicted molar refractivity (Wildman–Crippen MR) is 65.8 cm³/mol. The van der Waals surface area contributed by atoms with Crippen molar-refractivity contribution >= 4 is 22.3 Å². The Balaban J connectivity index is 1.94. The van der Waals surface area contributed by atoms with Crippen molar-refractivity contribution in [3.8, 4) is 0 Å². The minimum absolute atomic E-state index is 1.05. The molecule has 3 heteroatoms. The van der Waals surface area contributed by atoms with Gasteiger partial charge in [-0.25, -0.2) is 0 Å². The van der Waals surface area contributed by atoms with Gasteiger partial charge in [0.25, 0.3) is 0 Å². The molecule has 0 saturated heterocycles. The lowest BCUT2D eigenvalue weighted by Gasteiger charge is -2.05. The van der Waals surface area contributed by atoms with Crippen LogP contribution in [0.5, 0.6) is 0 Å². The van der Waals surface area contributed by atoms with Gasteiger partial charge in [0, 0.05) is 40.9 Å². The number of nitrogens with zero attached hydrogens (tertiary/aromatic N) is 1. The first-order valence-corrected chi connectivity index (χ1v) is 5.16. The summed E-state index contributed by atoms with van der Waals surface area (Å²) in [4.78, 5) is 7.16. The second kappa shape index (κ2) is 3.70. The van der Waals surface area contributed by atoms with Crippen molar-refractivity contribution in [3.05, 3.63) is 55.0 Å². The molecule has 0 aliphatic carbocycles. The van der Waals surface area contributed by atoms with E-state index in [1.54, 1.807) is 12.4 Å². The van der Waals surface area contributed by atoms with Crippen LogP contribution in [-0.4, -0.2) is 9.97 Å². The van der Waals surface area contributed by atoms with E-state index in [9.17, 15) is 0 Å². The van der Waals surface area contributed by atoms with Gasteiger partial charge in [0.05, 0.1) is 0 Å². The molecule has 1 aromatic carbocycles. The fourth-order valence-corrected chi connectivity index (χ4v) is 1.73. The first-order chi connectivity index (χ1) is 7.92. The Hall–Kier alpha value is -2.29. The number of fused-ring (bicyclic) bond motifs is 1. The third kappa shape index (κ3) is 1.63. The minimum atomic E-state index is 1.05. The number of H-pyrrole nitrogens is 1. The average molecular weight is 209 g/mol. The van der Waals surface area contributed by atoms with E-state index >= 15 is 0 Å². The zero-order chi connectivity index (χ0) is 10.8. The summed E-state index contributed by atoms with van der Waals surface area (Å²) in [6, 6.07) is 12.2. The molecule has 0 aliphatic heterocycles. The van der Waals surface area contributed by atoms with E-state index in [0.717, 1.165) is 16.9 Å². The molecule has 0 spiro atoms. The number of pyridine rings is 1. The number of aromatic nitrogens is 2. The van der Waals surface area contributed by atoms with Crippen LogP contribution in [0.3, 0.4) is 0 Å². The van der Waals surface area contributed by atoms with Gasteiger partial charge in [-0.1, -0.05) is 0 Å². The van der Waals surface area contributed by atoms with E-state index in [0.29, 0.717) is 0 Å². The lowest BCUT2D eigenvalue weighted by atomic mass is 10.2. The summed E-state index contributed by atoms with van der Waals surface area (Å²) in [6.45, 7) is 0. The van der Waals surface area contributed by atoms with Crippen molar-refractivity contribution in [1.82, 2.24) is 9.97 Å². The van der Waals surface area contributed by atoms with Crippen LogP contribution in [0.15, 0.2) is 55.0 Å². The first-order valence-electron chi connectivity index (χ1n) is 5.16. The van der Waals surface area contributed by atoms with Crippen LogP contribution in [-0.2, 0) is 0 Å². The van der Waals surface area contributed by atoms with Gasteiger partial charge in [0.15, 0.2) is 0 Å². The third-order valence-corrected chi connectivity index (χ3v) is 2.52. The molecule has 0 unspecified atom stereocenters. The van der Waals surface area contributed by atoms with E-state index < -0.39 is 0 Å². The average Bonchev–Trinajstić information content (AvgIpc) is 2.77. The van der Waals surface area contributed by atoms with E-state index in [2.05, 4.69) is 39.6 Å². The van der Waals surface area contributed by atoms with Crippen molar-refractivity contribution in [3.63, 3.8) is 0 Å². The smallest absolute Gasteiger partial charge is 0.0455 e. The highest BCUT2D eigenvalue weighted by molar-refractivity contribution is 5.83. The van der Waals surface area contributed by atoms with Crippen LogP contribution in [0.2, 0.25) is 0 Å². The van der Waals surface area contributed by atoms with Crippen LogP contribution in [0, 0.1) is 0 Å². The number of hydrogen-bond acceptors (Lipinski definition) is 2. The predicted octanol–water partition coefficient (Wildman–Crippen LogP) is 3.31. The highest BCUT2D eigenvalue weighted by Gasteiger charge is 1.97. The quantitative estimate of drug-likeness (QED) is 0.679. The van der Waals surface area contributed by atoms with E-state index in [4.69, 9.17) is 0 Å². The maximum absolute atomic E-state index is 3.98. The maximum atomic E-state index is 3.98. The summed E-state index contributed by atoms with van der Waals surface area (Å²) >= 11 is 0. The summed E-state index contributed by atoms with van der Waals surface area (Å²) in [5.74, 6) is 0. The van der Waals surface area contributed by atoms with Crippen LogP contribution < -0.4 is 5.32 Å². The molecular formula is C13H11N3. The summed E-state index contributed by atoms with van der Waals surface area (Å²) in [6.07, 6.45) is 5.50. The molecule has 0 amide bonds. The molecule has 2 N–H and O–H groups in total. The van der Waals surface area contributed by atoms with Gasteiger partial charge in [-0.15, -0.1) is 0 Å². The maximum Gasteiger partial charge on any atom is 0.0455 e. The van der Waals surface area contributed by atoms with Crippen LogP contribution in [0.1, 0.15) is 0 Å². The topological polar surface area (TPSA) is 40.7 Å². The monoisotopic (exact) mass is 209 g/mol. The lowest BCUT2D eigenvalue weighted by Crippen LogP contribution is -1.89. The number of hydrogen-bond donors (Lipinski definition) is 2. The largest absolute Gasteiger partial charge is 0.361 e. The molecule has 0 saturated carbocycles. The van der Waals surface area contributed by atoms with Gasteiger partial charge in [-0.05, 0) is 36.4 Å². The van der Waals surface area contributed by atoms with E-state index in [1.807, 2.05) is 18.3 Å². The minimum Gasteiger partial charge on any atom is -0.361 e. The molecule has 0 atom stereocenters. The number of nitrogens with one attached hydrogen (secondary N) is 2. The molecule has 3 nitrogen and oxygen atoms in total. The first kappa shape index (κ1) is 8.97. The number of aromatic amines is 1. The second-order valence-electron chi connectivity index (χ2n) is 3.64. The number of rotatable bonds is 2. The molecule has 3 rings (SSSR count). The molecular weight excluding hydrogens is 198 g/mol. The Kier molecular flexibility index (Phi) is 2.07. The van der Waals surface area contributed by atoms with Gasteiger partial charge in [-0.2, -0.15) is 0 Å². The molecule has 0 radical (unpaired) electrons. The van der Waals surface area contributed by atoms with Crippen molar-refractivity contribution in [2.45, 2.75) is 0 Å². The molecule has 2 aromatic heterocycles. The Morgan fingerprint density at radius 1 is 0.938 bits per heavy atom. The molecule has 2 heterocycles. The highest BCUT2D eigenvalue weighted by atomic mass is 14.9. The molecule has 78 valence electrons. The fraction of sp³-hybridized carbons (Fsp3) is 0. The van der Waals surface area contributed by atoms with E-state index in [1.165, 1.54) is 5.39 Å². The summed E-state index contributed by atoms with van der Waals surface area (Å²) in [7, 11) is 0. The highest BCUT2D eigenvalue weighted by Crippen LogP contribution is 2.20. The third-order valence-electron chi connectivity index (χ3n) is 2.52. The standard InChI is InChI=1S/C13H11N3/c1-2-13-10(3-8-15-13)9-12(1)16-11-4-6-14-7-5-11/h1-9,15H,(H,14,16). The number of benzene rings is 1. The Bertz CT molecular complexity index is 599. The van der Waals surface area contributed by atoms with Gasteiger partial charge in [-0.3, -0.25) is 4.98 Å². The van der Waals surface area contributed by atoms with Crippen LogP contribution in [0.25, 0.3) is 10.9 Å². The fourth-order valence-electron chi connectivity index (χ4n) is 1.73. The van der Waals surface area contributed by atoms with Crippen molar-refractivity contribution in [1.29, 1.82) is 0 Å². The van der Waals surface area contributed by atoms with Gasteiger partial charge < -0.3 is 10.3 Å². The van der Waals surface area contributed by atoms with Crippen molar-refractivity contribution < 1.29 is 0 Å². The zero-order valence-electron chi connectivity index (χ0n) is 8.64. The number of anilines is 2. The zero-order valence-corrected chi connectivity index (χ0v) is 8.64. The second-order valence-corrected chi connectivity index (χ2v) is 3.64. The van der Waals surface area contributed by atoms with Gasteiger partial charge >= 0.3 is 0 Å². The van der Waals surface area contributed by atoms with Crippen LogP contribution in [0.4, 0.5) is 11.4 Å². The van der Waals surface area contributed by atoms with Gasteiger partial charge in [0.2, 0.25) is 0 Å². The summed E-state index contributed by atoms with van der Waals surface area (Å²) < 4.78 is 0. The Morgan fingerprint density at radius 2 is 1.81 bits per heavy atom. The lowest BCUT2D eigenvalue weighted by molar-refractivity contribution is 1.33. The van der Waals surface area contributed by atoms with Crippen LogP contribution >= 0.6 is 0 Å². The van der Waals surface area contributed by atoms with Gasteiger partial charge in [0.1, 0.15) is 0 Å². The molecule has 0 fully saturated rings. The van der Waals surface area contributed by atoms with Crippen molar-refractivity contribution in [2.75, 3.05) is 5.32 Å². The van der Waals surface area contributed by atoms with E-state index in [-0.39, 0.29) is 0 Å². The Labute approximate surface area is 93.1 Å². The molecule has 0 aliphatic rings.